The van der Waals surface area contributed by atoms with Crippen LogP contribution in [0.3, 0.4) is 0 Å². The number of carbonyl (C=O) groups excluding carboxylic acids is 2. The maximum Gasteiger partial charge on any atom is 0.410 e. The van der Waals surface area contributed by atoms with Crippen molar-refractivity contribution in [1.29, 1.82) is 5.26 Å². The van der Waals surface area contributed by atoms with E-state index in [4.69, 9.17) is 9.15 Å². The van der Waals surface area contributed by atoms with E-state index >= 15 is 0 Å². The summed E-state index contributed by atoms with van der Waals surface area (Å²) in [6.07, 6.45) is 7.15. The molecule has 1 aliphatic carbocycles. The van der Waals surface area contributed by atoms with Crippen LogP contribution in [-0.4, -0.2) is 47.3 Å². The molecule has 0 bridgehead atoms. The van der Waals surface area contributed by atoms with Gasteiger partial charge in [0.15, 0.2) is 0 Å². The SMILES string of the molecule is N#Cc1c(NC(=O)C=Cc2ccco2)sc2c1CCC(OC(=O)N1CCCC1CO)C2. The molecule has 1 fully saturated rings. The van der Waals surface area contributed by atoms with Crippen LogP contribution in [0.1, 0.15) is 41.0 Å². The van der Waals surface area contributed by atoms with Crippen molar-refractivity contribution in [1.82, 2.24) is 4.90 Å². The van der Waals surface area contributed by atoms with Crippen molar-refractivity contribution in [3.05, 3.63) is 46.2 Å². The zero-order valence-corrected chi connectivity index (χ0v) is 17.7. The number of amides is 2. The van der Waals surface area contributed by atoms with Gasteiger partial charge in [-0.1, -0.05) is 0 Å². The van der Waals surface area contributed by atoms with E-state index in [2.05, 4.69) is 11.4 Å². The molecule has 1 saturated heterocycles. The van der Waals surface area contributed by atoms with Crippen molar-refractivity contribution >= 4 is 34.4 Å². The van der Waals surface area contributed by atoms with Crippen molar-refractivity contribution in [2.75, 3.05) is 18.5 Å². The number of nitrogens with zero attached hydrogens (tertiary/aromatic N) is 2. The fourth-order valence-electron chi connectivity index (χ4n) is 4.04. The van der Waals surface area contributed by atoms with Gasteiger partial charge in [0.1, 0.15) is 22.9 Å². The van der Waals surface area contributed by atoms with Crippen molar-refractivity contribution < 1.29 is 23.8 Å². The standard InChI is InChI=1S/C22H23N3O5S/c23-12-18-17-7-5-16(30-22(28)25-9-1-3-14(25)13-26)11-19(17)31-21(18)24-20(27)8-6-15-4-2-10-29-15/h2,4,6,8,10,14,16,26H,1,3,5,7,9,11,13H2,(H,24,27). The Bertz CT molecular complexity index is 1020. The van der Waals surface area contributed by atoms with E-state index in [0.29, 0.717) is 42.1 Å². The summed E-state index contributed by atoms with van der Waals surface area (Å²) in [7, 11) is 0. The molecule has 2 aliphatic rings. The van der Waals surface area contributed by atoms with Crippen LogP contribution in [-0.2, 0) is 22.4 Å². The van der Waals surface area contributed by atoms with Crippen LogP contribution < -0.4 is 5.32 Å². The Balaban J connectivity index is 1.41. The molecule has 2 unspecified atom stereocenters. The first kappa shape index (κ1) is 21.2. The van der Waals surface area contributed by atoms with Gasteiger partial charge >= 0.3 is 6.09 Å². The van der Waals surface area contributed by atoms with E-state index in [9.17, 15) is 20.0 Å². The summed E-state index contributed by atoms with van der Waals surface area (Å²) in [5.41, 5.74) is 1.39. The number of nitriles is 1. The molecule has 0 spiro atoms. The number of carbonyl (C=O) groups is 2. The lowest BCUT2D eigenvalue weighted by Crippen LogP contribution is -2.40. The minimum Gasteiger partial charge on any atom is -0.465 e. The van der Waals surface area contributed by atoms with Gasteiger partial charge in [-0.2, -0.15) is 5.26 Å². The Labute approximate surface area is 183 Å². The van der Waals surface area contributed by atoms with Gasteiger partial charge in [0, 0.05) is 23.9 Å². The average molecular weight is 442 g/mol. The van der Waals surface area contributed by atoms with Crippen molar-refractivity contribution in [3.8, 4) is 6.07 Å². The predicted octanol–water partition coefficient (Wildman–Crippen LogP) is 3.32. The smallest absolute Gasteiger partial charge is 0.410 e. The maximum atomic E-state index is 12.5. The Kier molecular flexibility index (Phi) is 6.39. The second-order valence-electron chi connectivity index (χ2n) is 7.58. The Morgan fingerprint density at radius 2 is 2.32 bits per heavy atom. The highest BCUT2D eigenvalue weighted by Crippen LogP contribution is 2.38. The highest BCUT2D eigenvalue weighted by molar-refractivity contribution is 7.16. The maximum absolute atomic E-state index is 12.5. The number of nitrogens with one attached hydrogen (secondary N) is 1. The van der Waals surface area contributed by atoms with Gasteiger partial charge in [0.05, 0.1) is 24.5 Å². The van der Waals surface area contributed by atoms with Gasteiger partial charge in [-0.25, -0.2) is 4.79 Å². The molecule has 2 amide bonds. The van der Waals surface area contributed by atoms with Crippen LogP contribution in [0.2, 0.25) is 0 Å². The molecular formula is C22H23N3O5S. The van der Waals surface area contributed by atoms with Gasteiger partial charge in [-0.05, 0) is 49.5 Å². The van der Waals surface area contributed by atoms with E-state index in [-0.39, 0.29) is 24.7 Å². The molecule has 0 saturated carbocycles. The molecule has 2 atom stereocenters. The van der Waals surface area contributed by atoms with Crippen LogP contribution in [0.15, 0.2) is 28.9 Å². The zero-order valence-electron chi connectivity index (χ0n) is 16.9. The fourth-order valence-corrected chi connectivity index (χ4v) is 5.30. The molecule has 0 aromatic carbocycles. The number of furan rings is 1. The highest BCUT2D eigenvalue weighted by Gasteiger charge is 2.33. The number of ether oxygens (including phenoxy) is 1. The number of fused-ring (bicyclic) bond motifs is 1. The van der Waals surface area contributed by atoms with Gasteiger partial charge in [0.2, 0.25) is 5.91 Å². The molecule has 2 aromatic heterocycles. The van der Waals surface area contributed by atoms with Gasteiger partial charge in [-0.15, -0.1) is 11.3 Å². The van der Waals surface area contributed by atoms with Gasteiger partial charge < -0.3 is 24.5 Å². The third-order valence-corrected chi connectivity index (χ3v) is 6.77. The van der Waals surface area contributed by atoms with E-state index < -0.39 is 6.09 Å². The number of hydrogen-bond acceptors (Lipinski definition) is 7. The van der Waals surface area contributed by atoms with Crippen LogP contribution >= 0.6 is 11.3 Å². The lowest BCUT2D eigenvalue weighted by Gasteiger charge is -2.27. The largest absolute Gasteiger partial charge is 0.465 e. The van der Waals surface area contributed by atoms with Crippen LogP contribution in [0.25, 0.3) is 6.08 Å². The van der Waals surface area contributed by atoms with Crippen LogP contribution in [0.5, 0.6) is 0 Å². The average Bonchev–Trinajstić information content (AvgIpc) is 3.51. The first-order chi connectivity index (χ1) is 15.1. The lowest BCUT2D eigenvalue weighted by molar-refractivity contribution is -0.111. The summed E-state index contributed by atoms with van der Waals surface area (Å²) in [4.78, 5) is 27.3. The Hall–Kier alpha value is -3.09. The summed E-state index contributed by atoms with van der Waals surface area (Å²) in [5, 5.41) is 22.3. The molecule has 4 rings (SSSR count). The van der Waals surface area contributed by atoms with Crippen LogP contribution in [0.4, 0.5) is 9.80 Å². The number of anilines is 1. The normalized spacial score (nSPS) is 20.5. The van der Waals surface area contributed by atoms with Crippen molar-refractivity contribution in [3.63, 3.8) is 0 Å². The van der Waals surface area contributed by atoms with Gasteiger partial charge in [0.25, 0.3) is 0 Å². The molecule has 9 heteroatoms. The van der Waals surface area contributed by atoms with Gasteiger partial charge in [-0.3, -0.25) is 4.79 Å². The molecule has 1 aliphatic heterocycles. The first-order valence-electron chi connectivity index (χ1n) is 10.2. The molecule has 8 nitrogen and oxygen atoms in total. The van der Waals surface area contributed by atoms with Crippen molar-refractivity contribution in [2.45, 2.75) is 44.2 Å². The minimum absolute atomic E-state index is 0.0577. The molecule has 2 aromatic rings. The Morgan fingerprint density at radius 3 is 3.06 bits per heavy atom. The predicted molar refractivity (Wildman–Crippen MR) is 115 cm³/mol. The third kappa shape index (κ3) is 4.65. The van der Waals surface area contributed by atoms with E-state index in [0.717, 1.165) is 23.3 Å². The second kappa shape index (κ2) is 9.37. The monoisotopic (exact) mass is 441 g/mol. The molecule has 2 N–H and O–H groups in total. The van der Waals surface area contributed by atoms with Crippen LogP contribution in [0, 0.1) is 11.3 Å². The fraction of sp³-hybridized carbons (Fsp3) is 0.409. The number of aliphatic hydroxyl groups is 1. The first-order valence-corrected chi connectivity index (χ1v) is 11.1. The lowest BCUT2D eigenvalue weighted by atomic mass is 9.94. The number of rotatable bonds is 5. The number of aliphatic hydroxyl groups excluding tert-OH is 1. The third-order valence-electron chi connectivity index (χ3n) is 5.60. The summed E-state index contributed by atoms with van der Waals surface area (Å²) in [6.45, 7) is 0.541. The number of likely N-dealkylation sites (tertiary alicyclic amines) is 1. The molecule has 0 radical (unpaired) electrons. The van der Waals surface area contributed by atoms with E-state index in [1.807, 2.05) is 0 Å². The number of thiophene rings is 1. The second-order valence-corrected chi connectivity index (χ2v) is 8.68. The molecule has 162 valence electrons. The molecule has 3 heterocycles. The number of hydrogen-bond donors (Lipinski definition) is 2. The summed E-state index contributed by atoms with van der Waals surface area (Å²) >= 11 is 1.35. The topological polar surface area (TPSA) is 116 Å². The minimum atomic E-state index is -0.390. The summed E-state index contributed by atoms with van der Waals surface area (Å²) in [6, 6.07) is 5.50. The molecular weight excluding hydrogens is 418 g/mol. The highest BCUT2D eigenvalue weighted by atomic mass is 32.1. The quantitative estimate of drug-likeness (QED) is 0.688. The van der Waals surface area contributed by atoms with E-state index in [1.54, 1.807) is 23.1 Å². The Morgan fingerprint density at radius 1 is 1.45 bits per heavy atom. The zero-order chi connectivity index (χ0) is 21.8. The summed E-state index contributed by atoms with van der Waals surface area (Å²) < 4.78 is 10.9. The molecule has 31 heavy (non-hydrogen) atoms. The van der Waals surface area contributed by atoms with E-state index in [1.165, 1.54) is 23.7 Å². The summed E-state index contributed by atoms with van der Waals surface area (Å²) in [5.74, 6) is 0.214. The van der Waals surface area contributed by atoms with Crippen molar-refractivity contribution in [2.24, 2.45) is 0 Å².